The van der Waals surface area contributed by atoms with Gasteiger partial charge in [0.2, 0.25) is 0 Å². The molecular formula is C17H14Cl2FN3S. The summed E-state index contributed by atoms with van der Waals surface area (Å²) in [4.78, 5) is 9.15. The van der Waals surface area contributed by atoms with Crippen molar-refractivity contribution in [2.45, 2.75) is 0 Å². The van der Waals surface area contributed by atoms with E-state index >= 15 is 0 Å². The minimum Gasteiger partial charge on any atom is -0.368 e. The van der Waals surface area contributed by atoms with E-state index in [0.29, 0.717) is 10.0 Å². The lowest BCUT2D eigenvalue weighted by atomic mass is 10.2. The fraction of sp³-hybridized carbons (Fsp3) is 0.235. The Hall–Kier alpha value is -1.56. The number of thiazole rings is 1. The maximum absolute atomic E-state index is 13.3. The maximum Gasteiger partial charge on any atom is 0.186 e. The van der Waals surface area contributed by atoms with Crippen molar-refractivity contribution in [2.75, 3.05) is 36.0 Å². The van der Waals surface area contributed by atoms with Crippen LogP contribution < -0.4 is 9.80 Å². The van der Waals surface area contributed by atoms with E-state index in [2.05, 4.69) is 14.8 Å². The van der Waals surface area contributed by atoms with Crippen molar-refractivity contribution in [1.29, 1.82) is 0 Å². The van der Waals surface area contributed by atoms with Gasteiger partial charge in [0.25, 0.3) is 0 Å². The van der Waals surface area contributed by atoms with Crippen molar-refractivity contribution < 1.29 is 4.39 Å². The summed E-state index contributed by atoms with van der Waals surface area (Å²) in [5, 5.41) is 2.09. The summed E-state index contributed by atoms with van der Waals surface area (Å²) in [5.41, 5.74) is 1.93. The topological polar surface area (TPSA) is 19.4 Å². The second-order valence-electron chi connectivity index (χ2n) is 5.68. The van der Waals surface area contributed by atoms with Crippen LogP contribution in [0.25, 0.3) is 10.2 Å². The number of aromatic nitrogens is 1. The molecule has 0 atom stereocenters. The molecule has 0 spiro atoms. The number of hydrogen-bond acceptors (Lipinski definition) is 4. The van der Waals surface area contributed by atoms with Crippen LogP contribution in [0.3, 0.4) is 0 Å². The van der Waals surface area contributed by atoms with Gasteiger partial charge in [0.1, 0.15) is 5.82 Å². The number of fused-ring (bicyclic) bond motifs is 1. The first-order chi connectivity index (χ1) is 11.6. The molecule has 0 amide bonds. The normalized spacial score (nSPS) is 15.3. The van der Waals surface area contributed by atoms with Crippen LogP contribution in [0.1, 0.15) is 0 Å². The van der Waals surface area contributed by atoms with Gasteiger partial charge in [-0.05, 0) is 36.4 Å². The number of rotatable bonds is 2. The number of anilines is 2. The number of nitrogens with zero attached hydrogens (tertiary/aromatic N) is 3. The van der Waals surface area contributed by atoms with Crippen molar-refractivity contribution in [1.82, 2.24) is 4.98 Å². The molecule has 3 aromatic rings. The zero-order valence-electron chi connectivity index (χ0n) is 12.7. The molecule has 4 rings (SSSR count). The number of benzene rings is 2. The minimum absolute atomic E-state index is 0.220. The van der Waals surface area contributed by atoms with E-state index in [1.54, 1.807) is 12.1 Å². The summed E-state index contributed by atoms with van der Waals surface area (Å²) in [6, 6.07) is 10.4. The second kappa shape index (κ2) is 6.39. The molecule has 124 valence electrons. The van der Waals surface area contributed by atoms with E-state index < -0.39 is 0 Å². The molecule has 1 fully saturated rings. The van der Waals surface area contributed by atoms with E-state index in [0.717, 1.165) is 47.2 Å². The van der Waals surface area contributed by atoms with Crippen LogP contribution in [0.2, 0.25) is 10.0 Å². The highest BCUT2D eigenvalue weighted by Crippen LogP contribution is 2.31. The Morgan fingerprint density at radius 3 is 2.42 bits per heavy atom. The summed E-state index contributed by atoms with van der Waals surface area (Å²) in [6.07, 6.45) is 0. The third kappa shape index (κ3) is 3.04. The standard InChI is InChI=1S/C17H14Cl2FN3S/c18-13-3-2-12(10-14(13)19)22-5-7-23(8-6-22)17-21-15-4-1-11(20)9-16(15)24-17/h1-4,9-10H,5-8H2. The summed E-state index contributed by atoms with van der Waals surface area (Å²) in [6.45, 7) is 3.48. The first-order valence-electron chi connectivity index (χ1n) is 7.61. The first-order valence-corrected chi connectivity index (χ1v) is 9.18. The average molecular weight is 382 g/mol. The Bertz CT molecular complexity index is 891. The number of hydrogen-bond donors (Lipinski definition) is 0. The third-order valence-electron chi connectivity index (χ3n) is 4.16. The zero-order valence-corrected chi connectivity index (χ0v) is 15.0. The largest absolute Gasteiger partial charge is 0.368 e. The van der Waals surface area contributed by atoms with Gasteiger partial charge in [-0.1, -0.05) is 34.5 Å². The summed E-state index contributed by atoms with van der Waals surface area (Å²) < 4.78 is 14.2. The van der Waals surface area contributed by atoms with Gasteiger partial charge in [0.05, 0.1) is 20.3 Å². The Morgan fingerprint density at radius 2 is 1.67 bits per heavy atom. The lowest BCUT2D eigenvalue weighted by Gasteiger charge is -2.36. The molecule has 2 aromatic carbocycles. The van der Waals surface area contributed by atoms with Crippen LogP contribution in [0.15, 0.2) is 36.4 Å². The number of halogens is 3. The van der Waals surface area contributed by atoms with Gasteiger partial charge in [0, 0.05) is 31.9 Å². The van der Waals surface area contributed by atoms with Gasteiger partial charge in [-0.3, -0.25) is 0 Å². The smallest absolute Gasteiger partial charge is 0.186 e. The van der Waals surface area contributed by atoms with E-state index in [1.807, 2.05) is 18.2 Å². The van der Waals surface area contributed by atoms with Crippen LogP contribution in [-0.4, -0.2) is 31.2 Å². The molecule has 3 nitrogen and oxygen atoms in total. The molecule has 7 heteroatoms. The maximum atomic E-state index is 13.3. The van der Waals surface area contributed by atoms with Gasteiger partial charge >= 0.3 is 0 Å². The van der Waals surface area contributed by atoms with Gasteiger partial charge in [-0.25, -0.2) is 9.37 Å². The molecule has 1 aliphatic rings. The molecule has 0 N–H and O–H groups in total. The SMILES string of the molecule is Fc1ccc2nc(N3CCN(c4ccc(Cl)c(Cl)c4)CC3)sc2c1. The van der Waals surface area contributed by atoms with Gasteiger partial charge < -0.3 is 9.80 Å². The van der Waals surface area contributed by atoms with Crippen molar-refractivity contribution in [3.63, 3.8) is 0 Å². The van der Waals surface area contributed by atoms with E-state index in [4.69, 9.17) is 23.2 Å². The van der Waals surface area contributed by atoms with Crippen LogP contribution in [0.5, 0.6) is 0 Å². The highest BCUT2D eigenvalue weighted by molar-refractivity contribution is 7.22. The predicted molar refractivity (Wildman–Crippen MR) is 100 cm³/mol. The van der Waals surface area contributed by atoms with Crippen LogP contribution in [-0.2, 0) is 0 Å². The highest BCUT2D eigenvalue weighted by Gasteiger charge is 2.20. The second-order valence-corrected chi connectivity index (χ2v) is 7.50. The monoisotopic (exact) mass is 381 g/mol. The molecule has 0 unspecified atom stereocenters. The fourth-order valence-corrected chi connectivity index (χ4v) is 4.19. The Balaban J connectivity index is 1.49. The molecule has 0 radical (unpaired) electrons. The quantitative estimate of drug-likeness (QED) is 0.617. The molecule has 0 aliphatic carbocycles. The third-order valence-corrected chi connectivity index (χ3v) is 5.98. The predicted octanol–water partition coefficient (Wildman–Crippen LogP) is 5.07. The molecule has 0 saturated carbocycles. The first kappa shape index (κ1) is 15.9. The Kier molecular flexibility index (Phi) is 4.24. The number of piperazine rings is 1. The van der Waals surface area contributed by atoms with Gasteiger partial charge in [-0.15, -0.1) is 0 Å². The van der Waals surface area contributed by atoms with Crippen molar-refractivity contribution in [3.05, 3.63) is 52.3 Å². The van der Waals surface area contributed by atoms with E-state index in [-0.39, 0.29) is 5.82 Å². The lowest BCUT2D eigenvalue weighted by molar-refractivity contribution is 0.630. The lowest BCUT2D eigenvalue weighted by Crippen LogP contribution is -2.46. The van der Waals surface area contributed by atoms with Gasteiger partial charge in [0.15, 0.2) is 5.13 Å². The average Bonchev–Trinajstić information content (AvgIpc) is 3.00. The molecule has 1 aliphatic heterocycles. The van der Waals surface area contributed by atoms with Crippen molar-refractivity contribution in [3.8, 4) is 0 Å². The van der Waals surface area contributed by atoms with Gasteiger partial charge in [-0.2, -0.15) is 0 Å². The molecule has 0 bridgehead atoms. The van der Waals surface area contributed by atoms with E-state index in [1.165, 1.54) is 17.4 Å². The zero-order chi connectivity index (χ0) is 16.7. The van der Waals surface area contributed by atoms with E-state index in [9.17, 15) is 4.39 Å². The Morgan fingerprint density at radius 1 is 0.917 bits per heavy atom. The minimum atomic E-state index is -0.220. The molecule has 24 heavy (non-hydrogen) atoms. The fourth-order valence-electron chi connectivity index (χ4n) is 2.86. The molecular weight excluding hydrogens is 368 g/mol. The van der Waals surface area contributed by atoms with Crippen LogP contribution in [0.4, 0.5) is 15.2 Å². The van der Waals surface area contributed by atoms with Crippen molar-refractivity contribution >= 4 is 55.6 Å². The Labute approximate surface area is 153 Å². The summed E-state index contributed by atoms with van der Waals surface area (Å²) in [5.74, 6) is -0.220. The van der Waals surface area contributed by atoms with Crippen molar-refractivity contribution in [2.24, 2.45) is 0 Å². The van der Waals surface area contributed by atoms with Crippen LogP contribution >= 0.6 is 34.5 Å². The van der Waals surface area contributed by atoms with Crippen LogP contribution in [0, 0.1) is 5.82 Å². The molecule has 1 saturated heterocycles. The molecule has 1 aromatic heterocycles. The molecule has 2 heterocycles. The highest BCUT2D eigenvalue weighted by atomic mass is 35.5. The summed E-state index contributed by atoms with van der Waals surface area (Å²) in [7, 11) is 0. The summed E-state index contributed by atoms with van der Waals surface area (Å²) >= 11 is 13.6.